The number of aryl methyl sites for hydroxylation is 2. The molecule has 0 aliphatic rings. The van der Waals surface area contributed by atoms with Gasteiger partial charge >= 0.3 is 0 Å². The van der Waals surface area contributed by atoms with Gasteiger partial charge in [-0.05, 0) is 37.6 Å². The summed E-state index contributed by atoms with van der Waals surface area (Å²) in [6, 6.07) is 9.16. The highest BCUT2D eigenvalue weighted by Crippen LogP contribution is 2.15. The minimum Gasteiger partial charge on any atom is -0.399 e. The van der Waals surface area contributed by atoms with E-state index in [0.717, 1.165) is 11.3 Å². The van der Waals surface area contributed by atoms with Crippen molar-refractivity contribution in [3.05, 3.63) is 47.3 Å². The van der Waals surface area contributed by atoms with E-state index in [1.807, 2.05) is 38.1 Å². The summed E-state index contributed by atoms with van der Waals surface area (Å²) in [6.07, 6.45) is 0. The zero-order valence-corrected chi connectivity index (χ0v) is 11.3. The summed E-state index contributed by atoms with van der Waals surface area (Å²) in [7, 11) is 1.76. The lowest BCUT2D eigenvalue weighted by atomic mass is 10.1. The molecule has 0 fully saturated rings. The molecule has 2 aromatic rings. The van der Waals surface area contributed by atoms with Crippen molar-refractivity contribution in [2.45, 2.75) is 19.9 Å². The van der Waals surface area contributed by atoms with Crippen molar-refractivity contribution in [3.63, 3.8) is 0 Å². The molecular weight excluding hydrogens is 240 g/mol. The van der Waals surface area contributed by atoms with Gasteiger partial charge in [0.05, 0.1) is 11.7 Å². The number of nitrogen functional groups attached to an aromatic ring is 1. The summed E-state index contributed by atoms with van der Waals surface area (Å²) in [6.45, 7) is 3.80. The zero-order valence-electron chi connectivity index (χ0n) is 11.3. The smallest absolute Gasteiger partial charge is 0.270 e. The van der Waals surface area contributed by atoms with Crippen LogP contribution in [0.3, 0.4) is 0 Å². The fraction of sp³-hybridized carbons (Fsp3) is 0.286. The molecular formula is C14H18N4O. The van der Waals surface area contributed by atoms with Crippen LogP contribution in [0.4, 0.5) is 5.69 Å². The predicted octanol–water partition coefficient (Wildman–Crippen LogP) is 1.80. The Morgan fingerprint density at radius 3 is 2.53 bits per heavy atom. The number of hydrogen-bond acceptors (Lipinski definition) is 3. The molecule has 0 spiro atoms. The van der Waals surface area contributed by atoms with Gasteiger partial charge in [-0.15, -0.1) is 0 Å². The number of aromatic nitrogens is 2. The first-order valence-electron chi connectivity index (χ1n) is 6.14. The van der Waals surface area contributed by atoms with Gasteiger partial charge in [0.2, 0.25) is 0 Å². The lowest BCUT2D eigenvalue weighted by molar-refractivity contribution is 0.0930. The Morgan fingerprint density at radius 1 is 1.37 bits per heavy atom. The van der Waals surface area contributed by atoms with Gasteiger partial charge in [0.15, 0.2) is 0 Å². The Labute approximate surface area is 112 Å². The second kappa shape index (κ2) is 5.14. The summed E-state index contributed by atoms with van der Waals surface area (Å²) in [5.41, 5.74) is 8.75. The number of nitrogens with one attached hydrogen (secondary N) is 1. The minimum atomic E-state index is -0.132. The number of carbonyl (C=O) groups is 1. The molecule has 3 N–H and O–H groups in total. The van der Waals surface area contributed by atoms with Crippen molar-refractivity contribution in [3.8, 4) is 0 Å². The molecule has 0 saturated heterocycles. The van der Waals surface area contributed by atoms with Gasteiger partial charge in [-0.2, -0.15) is 5.10 Å². The van der Waals surface area contributed by atoms with Gasteiger partial charge < -0.3 is 11.1 Å². The summed E-state index contributed by atoms with van der Waals surface area (Å²) in [4.78, 5) is 12.1. The van der Waals surface area contributed by atoms with Crippen LogP contribution in [0.25, 0.3) is 0 Å². The Bertz CT molecular complexity index is 586. The number of amides is 1. The van der Waals surface area contributed by atoms with Crippen molar-refractivity contribution < 1.29 is 4.79 Å². The second-order valence-electron chi connectivity index (χ2n) is 4.66. The van der Waals surface area contributed by atoms with Crippen molar-refractivity contribution in [1.29, 1.82) is 0 Å². The fourth-order valence-electron chi connectivity index (χ4n) is 1.96. The Hall–Kier alpha value is -2.30. The average molecular weight is 258 g/mol. The molecule has 5 heteroatoms. The first-order valence-corrected chi connectivity index (χ1v) is 6.14. The highest BCUT2D eigenvalue weighted by molar-refractivity contribution is 5.92. The first kappa shape index (κ1) is 13.1. The second-order valence-corrected chi connectivity index (χ2v) is 4.66. The Morgan fingerprint density at radius 2 is 2.00 bits per heavy atom. The highest BCUT2D eigenvalue weighted by atomic mass is 16.2. The topological polar surface area (TPSA) is 72.9 Å². The largest absolute Gasteiger partial charge is 0.399 e. The van der Waals surface area contributed by atoms with E-state index in [4.69, 9.17) is 5.73 Å². The molecule has 1 aromatic carbocycles. The van der Waals surface area contributed by atoms with Crippen molar-refractivity contribution in [1.82, 2.24) is 15.1 Å². The van der Waals surface area contributed by atoms with Gasteiger partial charge in [-0.1, -0.05) is 12.1 Å². The quantitative estimate of drug-likeness (QED) is 0.824. The van der Waals surface area contributed by atoms with Crippen LogP contribution in [0.5, 0.6) is 0 Å². The predicted molar refractivity (Wildman–Crippen MR) is 74.7 cm³/mol. The maximum absolute atomic E-state index is 12.1. The van der Waals surface area contributed by atoms with Crippen LogP contribution >= 0.6 is 0 Å². The molecule has 100 valence electrons. The van der Waals surface area contributed by atoms with Crippen molar-refractivity contribution in [2.75, 3.05) is 5.73 Å². The fourth-order valence-corrected chi connectivity index (χ4v) is 1.96. The molecule has 1 unspecified atom stereocenters. The maximum atomic E-state index is 12.1. The number of rotatable bonds is 3. The molecule has 1 heterocycles. The number of benzene rings is 1. The third-order valence-corrected chi connectivity index (χ3v) is 3.02. The van der Waals surface area contributed by atoms with Crippen LogP contribution in [-0.4, -0.2) is 15.7 Å². The SMILES string of the molecule is Cc1cc(C(=O)NC(C)c2ccc(N)cc2)n(C)n1. The van der Waals surface area contributed by atoms with Gasteiger partial charge in [0, 0.05) is 12.7 Å². The third kappa shape index (κ3) is 2.93. The lowest BCUT2D eigenvalue weighted by Crippen LogP contribution is -2.28. The van der Waals surface area contributed by atoms with Crippen LogP contribution in [0.1, 0.15) is 34.7 Å². The van der Waals surface area contributed by atoms with E-state index >= 15 is 0 Å². The van der Waals surface area contributed by atoms with Crippen LogP contribution in [0, 0.1) is 6.92 Å². The molecule has 5 nitrogen and oxygen atoms in total. The number of carbonyl (C=O) groups excluding carboxylic acids is 1. The first-order chi connectivity index (χ1) is 8.97. The summed E-state index contributed by atoms with van der Waals surface area (Å²) in [5.74, 6) is -0.132. The van der Waals surface area contributed by atoms with E-state index in [9.17, 15) is 4.79 Å². The molecule has 0 aliphatic heterocycles. The van der Waals surface area contributed by atoms with E-state index in [1.165, 1.54) is 0 Å². The highest BCUT2D eigenvalue weighted by Gasteiger charge is 2.15. The number of anilines is 1. The lowest BCUT2D eigenvalue weighted by Gasteiger charge is -2.14. The molecule has 1 atom stereocenters. The molecule has 0 saturated carbocycles. The number of nitrogens with zero attached hydrogens (tertiary/aromatic N) is 2. The number of nitrogens with two attached hydrogens (primary N) is 1. The average Bonchev–Trinajstić information content (AvgIpc) is 2.69. The van der Waals surface area contributed by atoms with Crippen LogP contribution < -0.4 is 11.1 Å². The Kier molecular flexibility index (Phi) is 3.55. The van der Waals surface area contributed by atoms with Gasteiger partial charge in [-0.25, -0.2) is 0 Å². The van der Waals surface area contributed by atoms with Crippen LogP contribution in [-0.2, 0) is 7.05 Å². The number of hydrogen-bond donors (Lipinski definition) is 2. The molecule has 1 amide bonds. The molecule has 1 aromatic heterocycles. The van der Waals surface area contributed by atoms with Crippen LogP contribution in [0.15, 0.2) is 30.3 Å². The van der Waals surface area contributed by atoms with Crippen LogP contribution in [0.2, 0.25) is 0 Å². The third-order valence-electron chi connectivity index (χ3n) is 3.02. The summed E-state index contributed by atoms with van der Waals surface area (Å²) >= 11 is 0. The van der Waals surface area contributed by atoms with Gasteiger partial charge in [0.1, 0.15) is 5.69 Å². The van der Waals surface area contributed by atoms with E-state index < -0.39 is 0 Å². The molecule has 0 aliphatic carbocycles. The van der Waals surface area contributed by atoms with E-state index in [2.05, 4.69) is 10.4 Å². The van der Waals surface area contributed by atoms with E-state index in [1.54, 1.807) is 17.8 Å². The maximum Gasteiger partial charge on any atom is 0.270 e. The van der Waals surface area contributed by atoms with Crippen molar-refractivity contribution in [2.24, 2.45) is 7.05 Å². The zero-order chi connectivity index (χ0) is 14.0. The van der Waals surface area contributed by atoms with Crippen molar-refractivity contribution >= 4 is 11.6 Å². The van der Waals surface area contributed by atoms with E-state index in [-0.39, 0.29) is 11.9 Å². The van der Waals surface area contributed by atoms with E-state index in [0.29, 0.717) is 11.4 Å². The molecule has 2 rings (SSSR count). The van der Waals surface area contributed by atoms with Gasteiger partial charge in [0.25, 0.3) is 5.91 Å². The monoisotopic (exact) mass is 258 g/mol. The minimum absolute atomic E-state index is 0.0803. The molecule has 0 radical (unpaired) electrons. The summed E-state index contributed by atoms with van der Waals surface area (Å²) < 4.78 is 1.58. The molecule has 0 bridgehead atoms. The molecule has 19 heavy (non-hydrogen) atoms. The Balaban J connectivity index is 2.10. The summed E-state index contributed by atoms with van der Waals surface area (Å²) in [5, 5.41) is 7.11. The van der Waals surface area contributed by atoms with Gasteiger partial charge in [-0.3, -0.25) is 9.48 Å². The normalized spacial score (nSPS) is 12.2. The standard InChI is InChI=1S/C14H18N4O/c1-9-8-13(18(3)17-9)14(19)16-10(2)11-4-6-12(15)7-5-11/h4-8,10H,15H2,1-3H3,(H,16,19).